The fraction of sp³-hybridized carbons (Fsp3) is 0.200. The van der Waals surface area contributed by atoms with Crippen molar-refractivity contribution in [1.82, 2.24) is 0 Å². The van der Waals surface area contributed by atoms with Crippen LogP contribution in [0.3, 0.4) is 0 Å². The Morgan fingerprint density at radius 3 is 2.24 bits per heavy atom. The molecule has 0 aliphatic carbocycles. The van der Waals surface area contributed by atoms with Crippen molar-refractivity contribution in [3.8, 4) is 11.5 Å². The second-order valence-electron chi connectivity index (χ2n) is 3.32. The van der Waals surface area contributed by atoms with Crippen LogP contribution in [-0.4, -0.2) is 0 Å². The lowest BCUT2D eigenvalue weighted by Gasteiger charge is -2.08. The molecule has 0 atom stereocenters. The van der Waals surface area contributed by atoms with Gasteiger partial charge in [0.2, 0.25) is 0 Å². The Kier molecular flexibility index (Phi) is 5.58. The van der Waals surface area contributed by atoms with Gasteiger partial charge in [-0.15, -0.1) is 0 Å². The van der Waals surface area contributed by atoms with Gasteiger partial charge in [-0.3, -0.25) is 0 Å². The summed E-state index contributed by atoms with van der Waals surface area (Å²) in [6.07, 6.45) is 0. The molecule has 17 heavy (non-hydrogen) atoms. The predicted octanol–water partition coefficient (Wildman–Crippen LogP) is 5.47. The largest absolute Gasteiger partial charge is 0.457 e. The van der Waals surface area contributed by atoms with E-state index in [9.17, 15) is 0 Å². The molecule has 0 saturated heterocycles. The molecule has 0 bridgehead atoms. The highest BCUT2D eigenvalue weighted by Crippen LogP contribution is 2.27. The van der Waals surface area contributed by atoms with Crippen LogP contribution in [0.25, 0.3) is 0 Å². The molecule has 2 heteroatoms. The standard InChI is InChI=1S/C13H11ClO.C2H6/c1-10-7-8-11(14)9-13(10)15-12-5-3-2-4-6-12;1-2/h2-9H,1H3;1-2H3. The van der Waals surface area contributed by atoms with Crippen molar-refractivity contribution in [3.05, 3.63) is 59.1 Å². The Morgan fingerprint density at radius 2 is 1.59 bits per heavy atom. The molecule has 2 rings (SSSR count). The van der Waals surface area contributed by atoms with E-state index >= 15 is 0 Å². The molecule has 0 aromatic heterocycles. The van der Waals surface area contributed by atoms with E-state index < -0.39 is 0 Å². The van der Waals surface area contributed by atoms with E-state index in [2.05, 4.69) is 0 Å². The number of aryl methyl sites for hydroxylation is 1. The molecule has 0 radical (unpaired) electrons. The van der Waals surface area contributed by atoms with E-state index in [1.165, 1.54) is 0 Å². The number of para-hydroxylation sites is 1. The van der Waals surface area contributed by atoms with Crippen molar-refractivity contribution in [2.75, 3.05) is 0 Å². The zero-order chi connectivity index (χ0) is 12.7. The highest BCUT2D eigenvalue weighted by Gasteiger charge is 2.01. The van der Waals surface area contributed by atoms with Crippen LogP contribution in [0.2, 0.25) is 5.02 Å². The third-order valence-corrected chi connectivity index (χ3v) is 2.36. The summed E-state index contributed by atoms with van der Waals surface area (Å²) in [6, 6.07) is 15.3. The predicted molar refractivity (Wildman–Crippen MR) is 74.1 cm³/mol. The second-order valence-corrected chi connectivity index (χ2v) is 3.76. The van der Waals surface area contributed by atoms with Crippen LogP contribution in [-0.2, 0) is 0 Å². The lowest BCUT2D eigenvalue weighted by molar-refractivity contribution is 0.479. The van der Waals surface area contributed by atoms with Gasteiger partial charge in [0.1, 0.15) is 11.5 Å². The van der Waals surface area contributed by atoms with Gasteiger partial charge in [0, 0.05) is 5.02 Å². The quantitative estimate of drug-likeness (QED) is 0.685. The first-order valence-corrected chi connectivity index (χ1v) is 6.12. The van der Waals surface area contributed by atoms with Crippen molar-refractivity contribution >= 4 is 11.6 Å². The number of rotatable bonds is 2. The molecular formula is C15H17ClO. The minimum Gasteiger partial charge on any atom is -0.457 e. The summed E-state index contributed by atoms with van der Waals surface area (Å²) in [5, 5.41) is 0.687. The third kappa shape index (κ3) is 4.12. The van der Waals surface area contributed by atoms with Gasteiger partial charge in [-0.1, -0.05) is 49.7 Å². The topological polar surface area (TPSA) is 9.23 Å². The Hall–Kier alpha value is -1.47. The molecular weight excluding hydrogens is 232 g/mol. The molecule has 0 spiro atoms. The summed E-state index contributed by atoms with van der Waals surface area (Å²) in [4.78, 5) is 0. The average molecular weight is 249 g/mol. The third-order valence-electron chi connectivity index (χ3n) is 2.12. The van der Waals surface area contributed by atoms with Gasteiger partial charge in [-0.05, 0) is 36.8 Å². The summed E-state index contributed by atoms with van der Waals surface area (Å²) < 4.78 is 5.71. The zero-order valence-corrected chi connectivity index (χ0v) is 11.2. The van der Waals surface area contributed by atoms with E-state index in [1.807, 2.05) is 69.3 Å². The fourth-order valence-electron chi connectivity index (χ4n) is 1.30. The van der Waals surface area contributed by atoms with Gasteiger partial charge in [0.25, 0.3) is 0 Å². The SMILES string of the molecule is CC.Cc1ccc(Cl)cc1Oc1ccccc1. The van der Waals surface area contributed by atoms with Gasteiger partial charge in [-0.2, -0.15) is 0 Å². The summed E-state index contributed by atoms with van der Waals surface area (Å²) in [6.45, 7) is 5.99. The summed E-state index contributed by atoms with van der Waals surface area (Å²) >= 11 is 5.90. The minimum absolute atomic E-state index is 0.687. The molecule has 2 aromatic rings. The summed E-state index contributed by atoms with van der Waals surface area (Å²) in [5.41, 5.74) is 1.07. The number of benzene rings is 2. The first kappa shape index (κ1) is 13.6. The monoisotopic (exact) mass is 248 g/mol. The van der Waals surface area contributed by atoms with Crippen LogP contribution in [0, 0.1) is 6.92 Å². The Morgan fingerprint density at radius 1 is 0.941 bits per heavy atom. The maximum absolute atomic E-state index is 5.90. The van der Waals surface area contributed by atoms with Crippen molar-refractivity contribution in [2.24, 2.45) is 0 Å². The average Bonchev–Trinajstić information content (AvgIpc) is 2.38. The number of hydrogen-bond donors (Lipinski definition) is 0. The van der Waals surface area contributed by atoms with Gasteiger partial charge >= 0.3 is 0 Å². The van der Waals surface area contributed by atoms with E-state index in [0.717, 1.165) is 17.1 Å². The molecule has 0 aliphatic heterocycles. The Bertz CT molecular complexity index is 452. The first-order chi connectivity index (χ1) is 8.25. The highest BCUT2D eigenvalue weighted by molar-refractivity contribution is 6.30. The highest BCUT2D eigenvalue weighted by atomic mass is 35.5. The van der Waals surface area contributed by atoms with Crippen LogP contribution in [0.4, 0.5) is 0 Å². The molecule has 0 saturated carbocycles. The molecule has 90 valence electrons. The fourth-order valence-corrected chi connectivity index (χ4v) is 1.46. The molecule has 0 N–H and O–H groups in total. The molecule has 0 unspecified atom stereocenters. The van der Waals surface area contributed by atoms with Crippen LogP contribution in [0.1, 0.15) is 19.4 Å². The molecule has 0 aliphatic rings. The van der Waals surface area contributed by atoms with Crippen LogP contribution in [0.5, 0.6) is 11.5 Å². The van der Waals surface area contributed by atoms with Crippen molar-refractivity contribution < 1.29 is 4.74 Å². The smallest absolute Gasteiger partial charge is 0.131 e. The van der Waals surface area contributed by atoms with E-state index in [4.69, 9.17) is 16.3 Å². The Balaban J connectivity index is 0.000000686. The minimum atomic E-state index is 0.687. The van der Waals surface area contributed by atoms with Crippen molar-refractivity contribution in [1.29, 1.82) is 0 Å². The number of ether oxygens (including phenoxy) is 1. The van der Waals surface area contributed by atoms with E-state index in [-0.39, 0.29) is 0 Å². The maximum atomic E-state index is 5.90. The summed E-state index contributed by atoms with van der Waals surface area (Å²) in [7, 11) is 0. The lowest BCUT2D eigenvalue weighted by atomic mass is 10.2. The first-order valence-electron chi connectivity index (χ1n) is 5.75. The van der Waals surface area contributed by atoms with Crippen LogP contribution < -0.4 is 4.74 Å². The molecule has 1 nitrogen and oxygen atoms in total. The van der Waals surface area contributed by atoms with Gasteiger partial charge in [0.15, 0.2) is 0 Å². The van der Waals surface area contributed by atoms with Crippen LogP contribution in [0.15, 0.2) is 48.5 Å². The zero-order valence-electron chi connectivity index (χ0n) is 10.4. The molecule has 0 fully saturated rings. The molecule has 0 heterocycles. The number of halogens is 1. The molecule has 0 amide bonds. The van der Waals surface area contributed by atoms with E-state index in [1.54, 1.807) is 0 Å². The lowest BCUT2D eigenvalue weighted by Crippen LogP contribution is -1.86. The van der Waals surface area contributed by atoms with Crippen molar-refractivity contribution in [2.45, 2.75) is 20.8 Å². The van der Waals surface area contributed by atoms with Crippen LogP contribution >= 0.6 is 11.6 Å². The normalized spacial score (nSPS) is 9.18. The van der Waals surface area contributed by atoms with Gasteiger partial charge in [0.05, 0.1) is 0 Å². The Labute approximate surface area is 108 Å². The number of hydrogen-bond acceptors (Lipinski definition) is 1. The van der Waals surface area contributed by atoms with Gasteiger partial charge < -0.3 is 4.74 Å². The second kappa shape index (κ2) is 6.97. The molecule has 2 aromatic carbocycles. The maximum Gasteiger partial charge on any atom is 0.131 e. The summed E-state index contributed by atoms with van der Waals surface area (Å²) in [5.74, 6) is 1.62. The van der Waals surface area contributed by atoms with Crippen molar-refractivity contribution in [3.63, 3.8) is 0 Å². The van der Waals surface area contributed by atoms with E-state index in [0.29, 0.717) is 5.02 Å². The van der Waals surface area contributed by atoms with Gasteiger partial charge in [-0.25, -0.2) is 0 Å².